The third-order valence-corrected chi connectivity index (χ3v) is 3.81. The Hall–Kier alpha value is -2.61. The largest absolute Gasteiger partial charge is 0.293 e. The summed E-state index contributed by atoms with van der Waals surface area (Å²) in [6.07, 6.45) is 3.27. The molecule has 0 aliphatic heterocycles. The van der Waals surface area contributed by atoms with Gasteiger partial charge in [0, 0.05) is 18.0 Å². The van der Waals surface area contributed by atoms with Crippen molar-refractivity contribution < 1.29 is 13.6 Å². The molecule has 3 rings (SSSR count). The quantitative estimate of drug-likeness (QED) is 0.574. The Morgan fingerprint density at radius 3 is 2.91 bits per heavy atom. The highest BCUT2D eigenvalue weighted by Gasteiger charge is 2.15. The fraction of sp³-hybridized carbons (Fsp3) is 0.0667. The van der Waals surface area contributed by atoms with Crippen molar-refractivity contribution in [3.63, 3.8) is 0 Å². The zero-order chi connectivity index (χ0) is 16.2. The lowest BCUT2D eigenvalue weighted by Crippen LogP contribution is -2.06. The number of H-pyrrole nitrogens is 1. The molecule has 0 fully saturated rings. The minimum absolute atomic E-state index is 0.0926. The number of carbonyl (C=O) groups is 1. The Morgan fingerprint density at radius 1 is 1.26 bits per heavy atom. The SMILES string of the molecule is O=C(CSc1n[nH]c(-c2cccnc2)n1)c1cc(F)ccc1F. The average Bonchev–Trinajstić information content (AvgIpc) is 3.05. The number of Topliss-reactive ketones (excluding diaryl/α,β-unsaturated/α-hetero) is 1. The van der Waals surface area contributed by atoms with E-state index in [4.69, 9.17) is 0 Å². The molecule has 116 valence electrons. The van der Waals surface area contributed by atoms with Gasteiger partial charge < -0.3 is 0 Å². The number of thioether (sulfide) groups is 1. The van der Waals surface area contributed by atoms with Gasteiger partial charge in [-0.2, -0.15) is 0 Å². The third kappa shape index (κ3) is 3.59. The van der Waals surface area contributed by atoms with E-state index in [9.17, 15) is 13.6 Å². The molecule has 0 atom stereocenters. The van der Waals surface area contributed by atoms with E-state index in [0.29, 0.717) is 11.0 Å². The number of pyridine rings is 1. The summed E-state index contributed by atoms with van der Waals surface area (Å²) in [5.74, 6) is -1.51. The van der Waals surface area contributed by atoms with Crippen molar-refractivity contribution in [3.8, 4) is 11.4 Å². The number of rotatable bonds is 5. The van der Waals surface area contributed by atoms with E-state index in [1.807, 2.05) is 6.07 Å². The highest BCUT2D eigenvalue weighted by molar-refractivity contribution is 7.99. The molecular formula is C15H10F2N4OS. The fourth-order valence-electron chi connectivity index (χ4n) is 1.86. The van der Waals surface area contributed by atoms with Gasteiger partial charge in [-0.05, 0) is 30.3 Å². The van der Waals surface area contributed by atoms with Crippen LogP contribution in [0.2, 0.25) is 0 Å². The fourth-order valence-corrected chi connectivity index (χ4v) is 2.54. The number of nitrogens with zero attached hydrogens (tertiary/aromatic N) is 3. The van der Waals surface area contributed by atoms with Crippen LogP contribution in [0.3, 0.4) is 0 Å². The first-order valence-electron chi connectivity index (χ1n) is 6.57. The number of benzene rings is 1. The van der Waals surface area contributed by atoms with E-state index in [1.165, 1.54) is 0 Å². The third-order valence-electron chi connectivity index (χ3n) is 2.96. The first-order valence-corrected chi connectivity index (χ1v) is 7.56. The Kier molecular flexibility index (Phi) is 4.42. The molecule has 1 N–H and O–H groups in total. The van der Waals surface area contributed by atoms with Crippen LogP contribution in [0.25, 0.3) is 11.4 Å². The summed E-state index contributed by atoms with van der Waals surface area (Å²) in [6, 6.07) is 6.36. The van der Waals surface area contributed by atoms with E-state index >= 15 is 0 Å². The van der Waals surface area contributed by atoms with Gasteiger partial charge in [0.25, 0.3) is 0 Å². The van der Waals surface area contributed by atoms with Gasteiger partial charge in [0.05, 0.1) is 11.3 Å². The number of ketones is 1. The molecule has 8 heteroatoms. The van der Waals surface area contributed by atoms with Crippen LogP contribution >= 0.6 is 11.8 Å². The molecular weight excluding hydrogens is 322 g/mol. The van der Waals surface area contributed by atoms with Gasteiger partial charge in [-0.3, -0.25) is 14.9 Å². The van der Waals surface area contributed by atoms with E-state index in [-0.39, 0.29) is 11.3 Å². The molecule has 0 spiro atoms. The van der Waals surface area contributed by atoms with Crippen LogP contribution < -0.4 is 0 Å². The summed E-state index contributed by atoms with van der Waals surface area (Å²) < 4.78 is 26.6. The lowest BCUT2D eigenvalue weighted by molar-refractivity contribution is 0.101. The minimum atomic E-state index is -0.747. The van der Waals surface area contributed by atoms with Crippen LogP contribution in [0.5, 0.6) is 0 Å². The summed E-state index contributed by atoms with van der Waals surface area (Å²) in [6.45, 7) is 0. The molecule has 0 amide bonds. The molecule has 5 nitrogen and oxygen atoms in total. The molecule has 0 saturated heterocycles. The van der Waals surface area contributed by atoms with Crippen molar-refractivity contribution in [2.45, 2.75) is 5.16 Å². The van der Waals surface area contributed by atoms with Crippen molar-refractivity contribution >= 4 is 17.5 Å². The lowest BCUT2D eigenvalue weighted by Gasteiger charge is -2.01. The van der Waals surface area contributed by atoms with Gasteiger partial charge in [-0.25, -0.2) is 13.8 Å². The van der Waals surface area contributed by atoms with Gasteiger partial charge in [0.15, 0.2) is 11.6 Å². The second-order valence-electron chi connectivity index (χ2n) is 4.54. The van der Waals surface area contributed by atoms with Crippen LogP contribution in [0.1, 0.15) is 10.4 Å². The van der Waals surface area contributed by atoms with Crippen molar-refractivity contribution in [1.82, 2.24) is 20.2 Å². The van der Waals surface area contributed by atoms with Gasteiger partial charge in [0.1, 0.15) is 11.6 Å². The minimum Gasteiger partial charge on any atom is -0.293 e. The molecule has 0 bridgehead atoms. The Bertz CT molecular complexity index is 839. The second-order valence-corrected chi connectivity index (χ2v) is 5.49. The van der Waals surface area contributed by atoms with E-state index < -0.39 is 17.4 Å². The molecule has 3 aromatic rings. The molecule has 0 aliphatic carbocycles. The number of hydrogen-bond donors (Lipinski definition) is 1. The van der Waals surface area contributed by atoms with Gasteiger partial charge >= 0.3 is 0 Å². The normalized spacial score (nSPS) is 10.7. The molecule has 2 aromatic heterocycles. The zero-order valence-electron chi connectivity index (χ0n) is 11.7. The van der Waals surface area contributed by atoms with Crippen molar-refractivity contribution in [3.05, 3.63) is 59.9 Å². The monoisotopic (exact) mass is 332 g/mol. The van der Waals surface area contributed by atoms with Crippen LogP contribution in [0, 0.1) is 11.6 Å². The lowest BCUT2D eigenvalue weighted by atomic mass is 10.1. The maximum absolute atomic E-state index is 13.5. The number of nitrogens with one attached hydrogen (secondary N) is 1. The summed E-state index contributed by atoms with van der Waals surface area (Å²) in [4.78, 5) is 20.2. The van der Waals surface area contributed by atoms with Crippen LogP contribution in [-0.4, -0.2) is 31.7 Å². The van der Waals surface area contributed by atoms with E-state index in [1.54, 1.807) is 18.5 Å². The molecule has 23 heavy (non-hydrogen) atoms. The van der Waals surface area contributed by atoms with Gasteiger partial charge in [0.2, 0.25) is 5.16 Å². The standard InChI is InChI=1S/C15H10F2N4OS/c16-10-3-4-12(17)11(6-10)13(22)8-23-15-19-14(20-21-15)9-2-1-5-18-7-9/h1-7H,8H2,(H,19,20,21). The maximum Gasteiger partial charge on any atom is 0.209 e. The van der Waals surface area contributed by atoms with Crippen LogP contribution in [0.15, 0.2) is 47.9 Å². The number of carbonyl (C=O) groups excluding carboxylic acids is 1. The second kappa shape index (κ2) is 6.66. The van der Waals surface area contributed by atoms with E-state index in [2.05, 4.69) is 20.2 Å². The first-order chi connectivity index (χ1) is 11.1. The smallest absolute Gasteiger partial charge is 0.209 e. The number of aromatic amines is 1. The highest BCUT2D eigenvalue weighted by atomic mass is 32.2. The Morgan fingerprint density at radius 2 is 2.13 bits per heavy atom. The summed E-state index contributed by atoms with van der Waals surface area (Å²) in [5.41, 5.74) is 0.481. The molecule has 0 unspecified atom stereocenters. The first kappa shape index (κ1) is 15.3. The van der Waals surface area contributed by atoms with Crippen LogP contribution in [-0.2, 0) is 0 Å². The Balaban J connectivity index is 1.68. The predicted molar refractivity (Wildman–Crippen MR) is 81.0 cm³/mol. The average molecular weight is 332 g/mol. The number of aromatic nitrogens is 4. The van der Waals surface area contributed by atoms with E-state index in [0.717, 1.165) is 35.5 Å². The zero-order valence-corrected chi connectivity index (χ0v) is 12.5. The maximum atomic E-state index is 13.5. The molecule has 0 radical (unpaired) electrons. The van der Waals surface area contributed by atoms with Crippen molar-refractivity contribution in [2.75, 3.05) is 5.75 Å². The van der Waals surface area contributed by atoms with Crippen molar-refractivity contribution in [1.29, 1.82) is 0 Å². The molecule has 1 aromatic carbocycles. The predicted octanol–water partition coefficient (Wildman–Crippen LogP) is 3.12. The molecule has 0 aliphatic rings. The van der Waals surface area contributed by atoms with Crippen molar-refractivity contribution in [2.24, 2.45) is 0 Å². The molecule has 0 saturated carbocycles. The summed E-state index contributed by atoms with van der Waals surface area (Å²) in [5, 5.41) is 7.06. The Labute approximate surface area is 134 Å². The molecule has 2 heterocycles. The van der Waals surface area contributed by atoms with Gasteiger partial charge in [-0.1, -0.05) is 11.8 Å². The van der Waals surface area contributed by atoms with Gasteiger partial charge in [-0.15, -0.1) is 5.10 Å². The summed E-state index contributed by atoms with van der Waals surface area (Å²) >= 11 is 1.04. The topological polar surface area (TPSA) is 71.5 Å². The number of halogens is 2. The highest BCUT2D eigenvalue weighted by Crippen LogP contribution is 2.20. The summed E-state index contributed by atoms with van der Waals surface area (Å²) in [7, 11) is 0. The number of hydrogen-bond acceptors (Lipinski definition) is 5. The van der Waals surface area contributed by atoms with Crippen LogP contribution in [0.4, 0.5) is 8.78 Å².